The van der Waals surface area contributed by atoms with Gasteiger partial charge in [-0.1, -0.05) is 0 Å². The number of hydrogen-bond acceptors (Lipinski definition) is 5. The summed E-state index contributed by atoms with van der Waals surface area (Å²) in [6, 6.07) is 7.61. The Labute approximate surface area is 134 Å². The smallest absolute Gasteiger partial charge is 0.246 e. The molecule has 0 spiro atoms. The molecule has 2 aromatic rings. The van der Waals surface area contributed by atoms with Gasteiger partial charge in [-0.2, -0.15) is 5.10 Å². The molecule has 5 nitrogen and oxygen atoms in total. The lowest BCUT2D eigenvalue weighted by Crippen LogP contribution is -2.21. The fourth-order valence-corrected chi connectivity index (χ4v) is 2.60. The predicted octanol–water partition coefficient (Wildman–Crippen LogP) is 2.93. The Morgan fingerprint density at radius 2 is 2.09 bits per heavy atom. The number of aryl methyl sites for hydroxylation is 1. The van der Waals surface area contributed by atoms with Crippen LogP contribution in [0.5, 0.6) is 5.75 Å². The third kappa shape index (κ3) is 4.66. The molecule has 0 unspecified atom stereocenters. The maximum Gasteiger partial charge on any atom is 0.246 e. The number of nitrogens with one attached hydrogen (secondary N) is 1. The van der Waals surface area contributed by atoms with E-state index >= 15 is 0 Å². The van der Waals surface area contributed by atoms with E-state index in [4.69, 9.17) is 4.74 Å². The highest BCUT2D eigenvalue weighted by atomic mass is 32.1. The second-order valence-corrected chi connectivity index (χ2v) is 5.69. The highest BCUT2D eigenvalue weighted by Gasteiger charge is 2.06. The summed E-state index contributed by atoms with van der Waals surface area (Å²) in [6.07, 6.45) is 0.249. The van der Waals surface area contributed by atoms with Crippen molar-refractivity contribution in [2.24, 2.45) is 5.10 Å². The van der Waals surface area contributed by atoms with Crippen LogP contribution < -0.4 is 10.2 Å². The van der Waals surface area contributed by atoms with Crippen molar-refractivity contribution >= 4 is 23.0 Å². The Hall–Kier alpha value is -2.21. The fourth-order valence-electron chi connectivity index (χ4n) is 1.83. The lowest BCUT2D eigenvalue weighted by molar-refractivity contribution is -0.120. The number of rotatable bonds is 6. The molecule has 0 saturated heterocycles. The number of ether oxygens (including phenoxy) is 1. The third-order valence-corrected chi connectivity index (χ3v) is 3.88. The van der Waals surface area contributed by atoms with Gasteiger partial charge in [0.2, 0.25) is 5.91 Å². The molecular formula is C16H19N3O2S. The van der Waals surface area contributed by atoms with Crippen molar-refractivity contribution in [2.45, 2.75) is 27.2 Å². The quantitative estimate of drug-likeness (QED) is 0.658. The van der Waals surface area contributed by atoms with Gasteiger partial charge in [0.05, 0.1) is 18.7 Å². The first-order valence-electron chi connectivity index (χ1n) is 7.06. The first-order valence-corrected chi connectivity index (χ1v) is 7.94. The number of aromatic nitrogens is 1. The Morgan fingerprint density at radius 1 is 1.36 bits per heavy atom. The summed E-state index contributed by atoms with van der Waals surface area (Å²) in [5.74, 6) is 0.655. The molecule has 0 aliphatic rings. The van der Waals surface area contributed by atoms with Crippen LogP contribution >= 0.6 is 11.3 Å². The second-order valence-electron chi connectivity index (χ2n) is 4.75. The SMILES string of the molecule is CCOc1ccc(/C(C)=N\NC(=O)Cc2nc(C)cs2)cc1. The van der Waals surface area contributed by atoms with E-state index in [-0.39, 0.29) is 12.3 Å². The zero-order valence-electron chi connectivity index (χ0n) is 12.9. The van der Waals surface area contributed by atoms with Gasteiger partial charge in [-0.3, -0.25) is 4.79 Å². The van der Waals surface area contributed by atoms with Crippen molar-refractivity contribution in [3.8, 4) is 5.75 Å². The Balaban J connectivity index is 1.92. The molecule has 116 valence electrons. The monoisotopic (exact) mass is 317 g/mol. The van der Waals surface area contributed by atoms with Crippen LogP contribution in [0.25, 0.3) is 0 Å². The molecule has 1 N–H and O–H groups in total. The van der Waals surface area contributed by atoms with E-state index in [2.05, 4.69) is 15.5 Å². The van der Waals surface area contributed by atoms with E-state index in [0.29, 0.717) is 6.61 Å². The molecular weight excluding hydrogens is 298 g/mol. The molecule has 0 aliphatic carbocycles. The van der Waals surface area contributed by atoms with E-state index in [1.165, 1.54) is 11.3 Å². The molecule has 1 heterocycles. The third-order valence-electron chi connectivity index (χ3n) is 2.91. The Morgan fingerprint density at radius 3 is 2.68 bits per heavy atom. The minimum atomic E-state index is -0.167. The van der Waals surface area contributed by atoms with Crippen molar-refractivity contribution in [3.63, 3.8) is 0 Å². The minimum Gasteiger partial charge on any atom is -0.494 e. The highest BCUT2D eigenvalue weighted by Crippen LogP contribution is 2.13. The lowest BCUT2D eigenvalue weighted by Gasteiger charge is -2.05. The van der Waals surface area contributed by atoms with Gasteiger partial charge in [-0.15, -0.1) is 11.3 Å². The van der Waals surface area contributed by atoms with Gasteiger partial charge in [0.1, 0.15) is 10.8 Å². The molecule has 0 aliphatic heterocycles. The summed E-state index contributed by atoms with van der Waals surface area (Å²) >= 11 is 1.48. The normalized spacial score (nSPS) is 11.3. The van der Waals surface area contributed by atoms with Crippen molar-refractivity contribution in [1.29, 1.82) is 0 Å². The Kier molecular flexibility index (Phi) is 5.66. The summed E-state index contributed by atoms with van der Waals surface area (Å²) in [5, 5.41) is 6.85. The zero-order chi connectivity index (χ0) is 15.9. The lowest BCUT2D eigenvalue weighted by atomic mass is 10.1. The van der Waals surface area contributed by atoms with Gasteiger partial charge in [-0.25, -0.2) is 10.4 Å². The highest BCUT2D eigenvalue weighted by molar-refractivity contribution is 7.09. The predicted molar refractivity (Wildman–Crippen MR) is 88.5 cm³/mol. The summed E-state index contributed by atoms with van der Waals surface area (Å²) < 4.78 is 5.39. The van der Waals surface area contributed by atoms with E-state index in [0.717, 1.165) is 27.7 Å². The molecule has 1 aromatic heterocycles. The first-order chi connectivity index (χ1) is 10.6. The zero-order valence-corrected chi connectivity index (χ0v) is 13.7. The number of amides is 1. The molecule has 0 fully saturated rings. The van der Waals surface area contributed by atoms with Crippen LogP contribution in [-0.2, 0) is 11.2 Å². The number of nitrogens with zero attached hydrogens (tertiary/aromatic N) is 2. The van der Waals surface area contributed by atoms with Crippen molar-refractivity contribution in [1.82, 2.24) is 10.4 Å². The molecule has 0 radical (unpaired) electrons. The average molecular weight is 317 g/mol. The van der Waals surface area contributed by atoms with Crippen LogP contribution in [0.1, 0.15) is 30.1 Å². The van der Waals surface area contributed by atoms with Crippen molar-refractivity contribution in [2.75, 3.05) is 6.61 Å². The fraction of sp³-hybridized carbons (Fsp3) is 0.312. The first kappa shape index (κ1) is 16.2. The van der Waals surface area contributed by atoms with Crippen LogP contribution in [0.2, 0.25) is 0 Å². The molecule has 6 heteroatoms. The summed E-state index contributed by atoms with van der Waals surface area (Å²) in [7, 11) is 0. The van der Waals surface area contributed by atoms with Crippen LogP contribution in [0.3, 0.4) is 0 Å². The maximum atomic E-state index is 11.8. The van der Waals surface area contributed by atoms with Gasteiger partial charge in [0.15, 0.2) is 0 Å². The van der Waals surface area contributed by atoms with E-state index < -0.39 is 0 Å². The van der Waals surface area contributed by atoms with Gasteiger partial charge in [-0.05, 0) is 50.6 Å². The summed E-state index contributed by atoms with van der Waals surface area (Å²) in [4.78, 5) is 16.1. The maximum absolute atomic E-state index is 11.8. The number of carbonyl (C=O) groups is 1. The largest absolute Gasteiger partial charge is 0.494 e. The summed E-state index contributed by atoms with van der Waals surface area (Å²) in [6.45, 7) is 6.34. The molecule has 1 aromatic carbocycles. The molecule has 0 saturated carbocycles. The molecule has 2 rings (SSSR count). The molecule has 22 heavy (non-hydrogen) atoms. The van der Waals surface area contributed by atoms with Gasteiger partial charge in [0.25, 0.3) is 0 Å². The summed E-state index contributed by atoms with van der Waals surface area (Å²) in [5.41, 5.74) is 5.18. The van der Waals surface area contributed by atoms with Crippen molar-refractivity contribution < 1.29 is 9.53 Å². The molecule has 0 atom stereocenters. The molecule has 1 amide bonds. The average Bonchev–Trinajstić information content (AvgIpc) is 2.91. The number of hydrogen-bond donors (Lipinski definition) is 1. The van der Waals surface area contributed by atoms with Gasteiger partial charge >= 0.3 is 0 Å². The standard InChI is InChI=1S/C16H19N3O2S/c1-4-21-14-7-5-13(6-8-14)12(3)18-19-15(20)9-16-17-11(2)10-22-16/h5-8,10H,4,9H2,1-3H3,(H,19,20)/b18-12-. The van der Waals surface area contributed by atoms with Gasteiger partial charge < -0.3 is 4.74 Å². The van der Waals surface area contributed by atoms with E-state index in [1.54, 1.807) is 0 Å². The van der Waals surface area contributed by atoms with Gasteiger partial charge in [0, 0.05) is 11.1 Å². The number of thiazole rings is 1. The second kappa shape index (κ2) is 7.70. The Bertz CT molecular complexity index is 662. The number of hydrazone groups is 1. The number of benzene rings is 1. The molecule has 0 bridgehead atoms. The van der Waals surface area contributed by atoms with Crippen LogP contribution in [0.4, 0.5) is 0 Å². The minimum absolute atomic E-state index is 0.167. The van der Waals surface area contributed by atoms with Crippen molar-refractivity contribution in [3.05, 3.63) is 45.9 Å². The van der Waals surface area contributed by atoms with Crippen LogP contribution in [-0.4, -0.2) is 23.2 Å². The van der Waals surface area contributed by atoms with Crippen LogP contribution in [0.15, 0.2) is 34.7 Å². The van der Waals surface area contributed by atoms with E-state index in [1.807, 2.05) is 50.4 Å². The van der Waals surface area contributed by atoms with E-state index in [9.17, 15) is 4.79 Å². The number of carbonyl (C=O) groups excluding carboxylic acids is 1. The topological polar surface area (TPSA) is 63.6 Å². The van der Waals surface area contributed by atoms with Crippen LogP contribution in [0, 0.1) is 6.92 Å².